The molecule has 7 nitrogen and oxygen atoms in total. The van der Waals surface area contributed by atoms with E-state index in [0.29, 0.717) is 19.4 Å². The number of fused-ring (bicyclic) bond motifs is 1. The lowest BCUT2D eigenvalue weighted by atomic mass is 9.84. The Labute approximate surface area is 175 Å². The number of hydrogen-bond donors (Lipinski definition) is 1. The molecular weight excluding hydrogens is 380 g/mol. The molecule has 1 N–H and O–H groups in total. The zero-order chi connectivity index (χ0) is 21.3. The fourth-order valence-corrected chi connectivity index (χ4v) is 4.22. The summed E-state index contributed by atoms with van der Waals surface area (Å²) in [7, 11) is 5.33. The van der Waals surface area contributed by atoms with Crippen molar-refractivity contribution in [1.82, 2.24) is 19.8 Å². The number of aryl methyl sites for hydroxylation is 1. The largest absolute Gasteiger partial charge is 0.497 e. The molecule has 0 aliphatic carbocycles. The van der Waals surface area contributed by atoms with E-state index in [-0.39, 0.29) is 23.8 Å². The number of para-hydroxylation sites is 2. The molecule has 1 aromatic heterocycles. The molecule has 2 aromatic carbocycles. The summed E-state index contributed by atoms with van der Waals surface area (Å²) in [6.07, 6.45) is 0.891. The van der Waals surface area contributed by atoms with E-state index >= 15 is 0 Å². The first-order valence-corrected chi connectivity index (χ1v) is 10.1. The minimum Gasteiger partial charge on any atom is -0.497 e. The molecule has 1 fully saturated rings. The molecule has 0 bridgehead atoms. The Morgan fingerprint density at radius 3 is 2.60 bits per heavy atom. The van der Waals surface area contributed by atoms with Crippen LogP contribution >= 0.6 is 0 Å². The van der Waals surface area contributed by atoms with Gasteiger partial charge in [0.05, 0.1) is 36.6 Å². The van der Waals surface area contributed by atoms with Crippen molar-refractivity contribution in [3.63, 3.8) is 0 Å². The monoisotopic (exact) mass is 406 g/mol. The van der Waals surface area contributed by atoms with E-state index in [9.17, 15) is 9.59 Å². The number of rotatable bonds is 5. The van der Waals surface area contributed by atoms with Crippen molar-refractivity contribution in [2.24, 2.45) is 13.0 Å². The average Bonchev–Trinajstić information content (AvgIpc) is 3.09. The topological polar surface area (TPSA) is 76.5 Å². The number of ether oxygens (including phenoxy) is 1. The van der Waals surface area contributed by atoms with E-state index in [1.807, 2.05) is 60.1 Å². The van der Waals surface area contributed by atoms with Crippen LogP contribution in [0.25, 0.3) is 11.0 Å². The van der Waals surface area contributed by atoms with Crippen LogP contribution in [0.15, 0.2) is 48.5 Å². The van der Waals surface area contributed by atoms with Crippen LogP contribution in [-0.2, 0) is 23.2 Å². The van der Waals surface area contributed by atoms with Crippen molar-refractivity contribution in [3.05, 3.63) is 59.9 Å². The second kappa shape index (κ2) is 8.18. The first kappa shape index (κ1) is 19.9. The van der Waals surface area contributed by atoms with Crippen LogP contribution in [0.1, 0.15) is 30.3 Å². The van der Waals surface area contributed by atoms with Crippen molar-refractivity contribution in [2.75, 3.05) is 14.2 Å². The number of hydrogen-bond acceptors (Lipinski definition) is 4. The summed E-state index contributed by atoms with van der Waals surface area (Å²) in [5.74, 6) is 1.20. The van der Waals surface area contributed by atoms with Crippen LogP contribution in [0.5, 0.6) is 5.75 Å². The lowest BCUT2D eigenvalue weighted by molar-refractivity contribution is -0.141. The minimum absolute atomic E-state index is 0.0511. The van der Waals surface area contributed by atoms with E-state index < -0.39 is 0 Å². The normalized spacial score (nSPS) is 19.2. The predicted octanol–water partition coefficient (Wildman–Crippen LogP) is 2.81. The van der Waals surface area contributed by atoms with E-state index in [1.54, 1.807) is 19.1 Å². The van der Waals surface area contributed by atoms with E-state index in [1.165, 1.54) is 0 Å². The number of imidazole rings is 1. The smallest absolute Gasteiger partial charge is 0.225 e. The third kappa shape index (κ3) is 3.63. The van der Waals surface area contributed by atoms with Gasteiger partial charge in [-0.15, -0.1) is 0 Å². The molecule has 3 aromatic rings. The number of nitrogens with one attached hydrogen (secondary N) is 1. The molecule has 30 heavy (non-hydrogen) atoms. The fourth-order valence-electron chi connectivity index (χ4n) is 4.22. The molecule has 0 saturated carbocycles. The number of carbonyl (C=O) groups excluding carboxylic acids is 2. The minimum atomic E-state index is -0.323. The van der Waals surface area contributed by atoms with Gasteiger partial charge < -0.3 is 19.5 Å². The standard InChI is InChI=1S/C23H26N4O3/c1-26-19-7-5-4-6-18(19)25-20(26)14-24-23(29)17-12-13-21(28)27(2)22(17)15-8-10-16(30-3)11-9-15/h4-11,17,22H,12-14H2,1-3H3,(H,24,29). The van der Waals surface area contributed by atoms with Gasteiger partial charge in [-0.2, -0.15) is 0 Å². The number of carbonyl (C=O) groups is 2. The van der Waals surface area contributed by atoms with Crippen molar-refractivity contribution in [2.45, 2.75) is 25.4 Å². The van der Waals surface area contributed by atoms with E-state index in [0.717, 1.165) is 28.2 Å². The quantitative estimate of drug-likeness (QED) is 0.707. The predicted molar refractivity (Wildman–Crippen MR) is 114 cm³/mol. The first-order chi connectivity index (χ1) is 14.5. The summed E-state index contributed by atoms with van der Waals surface area (Å²) in [5, 5.41) is 3.04. The third-order valence-electron chi connectivity index (χ3n) is 5.96. The van der Waals surface area contributed by atoms with Gasteiger partial charge in [0, 0.05) is 20.5 Å². The van der Waals surface area contributed by atoms with Crippen LogP contribution < -0.4 is 10.1 Å². The maximum absolute atomic E-state index is 13.1. The van der Waals surface area contributed by atoms with Crippen molar-refractivity contribution in [1.29, 1.82) is 0 Å². The summed E-state index contributed by atoms with van der Waals surface area (Å²) in [6.45, 7) is 0.341. The van der Waals surface area contributed by atoms with Gasteiger partial charge >= 0.3 is 0 Å². The zero-order valence-corrected chi connectivity index (χ0v) is 17.5. The summed E-state index contributed by atoms with van der Waals surface area (Å²) >= 11 is 0. The van der Waals surface area contributed by atoms with Crippen LogP contribution in [0.2, 0.25) is 0 Å². The maximum atomic E-state index is 13.1. The molecule has 1 aliphatic rings. The molecule has 0 spiro atoms. The van der Waals surface area contributed by atoms with Crippen molar-refractivity contribution in [3.8, 4) is 5.75 Å². The third-order valence-corrected chi connectivity index (χ3v) is 5.96. The van der Waals surface area contributed by atoms with Crippen LogP contribution in [0.3, 0.4) is 0 Å². The summed E-state index contributed by atoms with van der Waals surface area (Å²) in [4.78, 5) is 31.8. The number of methoxy groups -OCH3 is 1. The summed E-state index contributed by atoms with van der Waals surface area (Å²) in [6, 6.07) is 15.1. The van der Waals surface area contributed by atoms with Crippen LogP contribution in [0.4, 0.5) is 0 Å². The first-order valence-electron chi connectivity index (χ1n) is 10.1. The second-order valence-electron chi connectivity index (χ2n) is 7.66. The van der Waals surface area contributed by atoms with Gasteiger partial charge in [-0.3, -0.25) is 9.59 Å². The Bertz CT molecular complexity index is 1070. The van der Waals surface area contributed by atoms with Gasteiger partial charge in [-0.25, -0.2) is 4.98 Å². The SMILES string of the molecule is COc1ccc(C2C(C(=O)NCc3nc4ccccc4n3C)CCC(=O)N2C)cc1. The highest BCUT2D eigenvalue weighted by atomic mass is 16.5. The Morgan fingerprint density at radius 2 is 1.90 bits per heavy atom. The lowest BCUT2D eigenvalue weighted by Crippen LogP contribution is -2.46. The summed E-state index contributed by atoms with van der Waals surface area (Å²) in [5.41, 5.74) is 2.86. The van der Waals surface area contributed by atoms with E-state index in [2.05, 4.69) is 10.3 Å². The number of aromatic nitrogens is 2. The Morgan fingerprint density at radius 1 is 1.17 bits per heavy atom. The number of amides is 2. The highest BCUT2D eigenvalue weighted by molar-refractivity contribution is 5.85. The number of nitrogens with zero attached hydrogens (tertiary/aromatic N) is 3. The lowest BCUT2D eigenvalue weighted by Gasteiger charge is -2.38. The highest BCUT2D eigenvalue weighted by Gasteiger charge is 2.38. The Hall–Kier alpha value is -3.35. The number of likely N-dealkylation sites (tertiary alicyclic amines) is 1. The highest BCUT2D eigenvalue weighted by Crippen LogP contribution is 2.36. The van der Waals surface area contributed by atoms with Gasteiger partial charge in [-0.05, 0) is 36.2 Å². The zero-order valence-electron chi connectivity index (χ0n) is 17.5. The van der Waals surface area contributed by atoms with Gasteiger partial charge in [0.1, 0.15) is 11.6 Å². The molecule has 1 saturated heterocycles. The van der Waals surface area contributed by atoms with Gasteiger partial charge in [-0.1, -0.05) is 24.3 Å². The maximum Gasteiger partial charge on any atom is 0.225 e. The Balaban J connectivity index is 1.54. The second-order valence-corrected chi connectivity index (χ2v) is 7.66. The number of piperidine rings is 1. The summed E-state index contributed by atoms with van der Waals surface area (Å²) < 4.78 is 7.23. The molecule has 7 heteroatoms. The van der Waals surface area contributed by atoms with Gasteiger partial charge in [0.15, 0.2) is 0 Å². The molecule has 156 valence electrons. The molecule has 2 amide bonds. The fraction of sp³-hybridized carbons (Fsp3) is 0.348. The van der Waals surface area contributed by atoms with E-state index in [4.69, 9.17) is 4.74 Å². The van der Waals surface area contributed by atoms with Gasteiger partial charge in [0.25, 0.3) is 0 Å². The Kier molecular flexibility index (Phi) is 5.44. The van der Waals surface area contributed by atoms with Crippen LogP contribution in [0, 0.1) is 5.92 Å². The molecule has 2 unspecified atom stereocenters. The molecule has 2 atom stereocenters. The van der Waals surface area contributed by atoms with Crippen molar-refractivity contribution >= 4 is 22.8 Å². The molecule has 4 rings (SSSR count). The molecule has 0 radical (unpaired) electrons. The molecular formula is C23H26N4O3. The molecule has 2 heterocycles. The van der Waals surface area contributed by atoms with Crippen LogP contribution in [-0.4, -0.2) is 40.4 Å². The number of benzene rings is 2. The van der Waals surface area contributed by atoms with Gasteiger partial charge in [0.2, 0.25) is 11.8 Å². The van der Waals surface area contributed by atoms with Crippen molar-refractivity contribution < 1.29 is 14.3 Å². The average molecular weight is 406 g/mol. The molecule has 1 aliphatic heterocycles.